The van der Waals surface area contributed by atoms with Gasteiger partial charge in [-0.05, 0) is 30.4 Å². The quantitative estimate of drug-likeness (QED) is 0.380. The van der Waals surface area contributed by atoms with Crippen molar-refractivity contribution in [3.05, 3.63) is 72.3 Å². The van der Waals surface area contributed by atoms with Crippen LogP contribution in [0.3, 0.4) is 0 Å². The molecule has 1 aliphatic carbocycles. The minimum Gasteiger partial charge on any atom is -0.300 e. The molecule has 0 unspecified atom stereocenters. The lowest BCUT2D eigenvalue weighted by Gasteiger charge is -2.22. The number of allylic oxidation sites excluding steroid dienone is 3. The second kappa shape index (κ2) is 6.97. The van der Waals surface area contributed by atoms with Crippen LogP contribution in [0.5, 0.6) is 0 Å². The SMILES string of the molecule is [2H]/C(C=C)=C(\[2H])C(=N)c1cccc2c1sc1c(C3([2H])CCCCC3)cccc12. The van der Waals surface area contributed by atoms with E-state index in [4.69, 9.17) is 9.52 Å². The summed E-state index contributed by atoms with van der Waals surface area (Å²) in [6.07, 6.45) is 6.49. The third-order valence-corrected chi connectivity index (χ3v) is 6.22. The molecule has 0 amide bonds. The first-order chi connectivity index (χ1) is 13.5. The lowest BCUT2D eigenvalue weighted by molar-refractivity contribution is 0.446. The molecule has 0 bridgehead atoms. The number of nitrogens with one attached hydrogen (secondary N) is 1. The summed E-state index contributed by atoms with van der Waals surface area (Å²) in [7, 11) is 0. The summed E-state index contributed by atoms with van der Waals surface area (Å²) in [5.41, 5.74) is 1.81. The Labute approximate surface area is 157 Å². The topological polar surface area (TPSA) is 23.9 Å². The van der Waals surface area contributed by atoms with Gasteiger partial charge in [-0.1, -0.05) is 74.4 Å². The summed E-state index contributed by atoms with van der Waals surface area (Å²) < 4.78 is 27.1. The van der Waals surface area contributed by atoms with E-state index in [-0.39, 0.29) is 17.8 Å². The second-order valence-corrected chi connectivity index (χ2v) is 7.50. The Balaban J connectivity index is 1.95. The summed E-state index contributed by atoms with van der Waals surface area (Å²) in [5, 5.41) is 10.6. The number of hydrogen-bond donors (Lipinski definition) is 1. The highest BCUT2D eigenvalue weighted by Crippen LogP contribution is 2.43. The van der Waals surface area contributed by atoms with Crippen molar-refractivity contribution in [2.45, 2.75) is 38.0 Å². The van der Waals surface area contributed by atoms with Crippen LogP contribution in [-0.2, 0) is 0 Å². The van der Waals surface area contributed by atoms with E-state index in [1.165, 1.54) is 12.5 Å². The predicted octanol–water partition coefficient (Wildman–Crippen LogP) is 7.21. The zero-order valence-corrected chi connectivity index (χ0v) is 15.0. The molecule has 0 spiro atoms. The van der Waals surface area contributed by atoms with Crippen molar-refractivity contribution in [2.24, 2.45) is 0 Å². The molecular weight excluding hydrogens is 322 g/mol. The van der Waals surface area contributed by atoms with Crippen molar-refractivity contribution in [2.75, 3.05) is 0 Å². The first-order valence-electron chi connectivity index (χ1n) is 10.3. The van der Waals surface area contributed by atoms with E-state index < -0.39 is 5.89 Å². The molecule has 126 valence electrons. The summed E-state index contributed by atoms with van der Waals surface area (Å²) in [6.45, 7) is 3.55. The molecule has 0 atom stereocenters. The minimum absolute atomic E-state index is 0.0434. The fourth-order valence-corrected chi connectivity index (χ4v) is 5.12. The summed E-state index contributed by atoms with van der Waals surface area (Å²) in [6, 6.07) is 11.9. The average Bonchev–Trinajstić information content (AvgIpc) is 3.11. The van der Waals surface area contributed by atoms with Crippen molar-refractivity contribution in [3.8, 4) is 0 Å². The lowest BCUT2D eigenvalue weighted by Crippen LogP contribution is -2.04. The molecule has 1 saturated carbocycles. The maximum Gasteiger partial charge on any atom is 0.0645 e. The van der Waals surface area contributed by atoms with Gasteiger partial charge in [-0.3, -0.25) is 0 Å². The maximum atomic E-state index is 9.10. The molecule has 1 aromatic heterocycles. The van der Waals surface area contributed by atoms with Gasteiger partial charge >= 0.3 is 0 Å². The monoisotopic (exact) mass is 348 g/mol. The Morgan fingerprint density at radius 3 is 2.60 bits per heavy atom. The number of benzene rings is 2. The van der Waals surface area contributed by atoms with Gasteiger partial charge in [-0.2, -0.15) is 0 Å². The van der Waals surface area contributed by atoms with Crippen molar-refractivity contribution in [1.29, 1.82) is 5.41 Å². The number of fused-ring (bicyclic) bond motifs is 3. The molecule has 1 aliphatic rings. The molecule has 0 aliphatic heterocycles. The standard InChI is InChI=1S/C23H23NS/c1-2-3-15-21(24)20-14-8-13-19-18-12-7-11-17(22(18)25-23(19)20)16-9-5-4-6-10-16/h2-3,7-8,11-16,24H,1,4-6,9-10H2/b15-3-,24-21?/i3D,15D,16D. The second-order valence-electron chi connectivity index (χ2n) is 6.48. The maximum absolute atomic E-state index is 9.10. The summed E-state index contributed by atoms with van der Waals surface area (Å²) >= 11 is 1.62. The highest BCUT2D eigenvalue weighted by Gasteiger charge is 2.20. The largest absolute Gasteiger partial charge is 0.300 e. The highest BCUT2D eigenvalue weighted by atomic mass is 32.1. The fraction of sp³-hybridized carbons (Fsp3) is 0.261. The van der Waals surface area contributed by atoms with Crippen molar-refractivity contribution >= 4 is 37.2 Å². The Hall–Kier alpha value is -2.19. The van der Waals surface area contributed by atoms with Crippen LogP contribution in [0, 0.1) is 5.41 Å². The summed E-state index contributed by atoms with van der Waals surface area (Å²) in [4.78, 5) is 0. The van der Waals surface area contributed by atoms with E-state index in [9.17, 15) is 0 Å². The molecule has 0 radical (unpaired) electrons. The van der Waals surface area contributed by atoms with E-state index in [1.807, 2.05) is 18.2 Å². The third kappa shape index (κ3) is 2.96. The van der Waals surface area contributed by atoms with Gasteiger partial charge in [0.15, 0.2) is 0 Å². The Morgan fingerprint density at radius 1 is 1.12 bits per heavy atom. The van der Waals surface area contributed by atoms with Crippen LogP contribution in [0.15, 0.2) is 61.2 Å². The van der Waals surface area contributed by atoms with E-state index >= 15 is 0 Å². The van der Waals surface area contributed by atoms with Gasteiger partial charge in [0.1, 0.15) is 0 Å². The normalized spacial score (nSPS) is 19.8. The van der Waals surface area contributed by atoms with Gasteiger partial charge in [0.05, 0.1) is 8.45 Å². The number of rotatable bonds is 4. The molecular formula is C23H23NS. The van der Waals surface area contributed by atoms with Crippen LogP contribution < -0.4 is 0 Å². The van der Waals surface area contributed by atoms with Crippen LogP contribution in [-0.4, -0.2) is 5.71 Å². The molecule has 4 rings (SSSR count). The van der Waals surface area contributed by atoms with E-state index in [0.717, 1.165) is 51.4 Å². The zero-order chi connectivity index (χ0) is 19.9. The molecule has 1 fully saturated rings. The van der Waals surface area contributed by atoms with Crippen molar-refractivity contribution in [3.63, 3.8) is 0 Å². The van der Waals surface area contributed by atoms with Crippen molar-refractivity contribution in [1.82, 2.24) is 0 Å². The van der Waals surface area contributed by atoms with E-state index in [1.54, 1.807) is 11.3 Å². The smallest absolute Gasteiger partial charge is 0.0645 e. The van der Waals surface area contributed by atoms with E-state index in [0.29, 0.717) is 5.56 Å². The molecule has 25 heavy (non-hydrogen) atoms. The molecule has 3 aromatic rings. The molecule has 2 heteroatoms. The van der Waals surface area contributed by atoms with Crippen molar-refractivity contribution < 1.29 is 4.11 Å². The fourth-order valence-electron chi connectivity index (χ4n) is 3.73. The van der Waals surface area contributed by atoms with Crippen LogP contribution in [0.2, 0.25) is 0 Å². The average molecular weight is 349 g/mol. The highest BCUT2D eigenvalue weighted by molar-refractivity contribution is 7.26. The molecule has 2 aromatic carbocycles. The molecule has 1 N–H and O–H groups in total. The predicted molar refractivity (Wildman–Crippen MR) is 111 cm³/mol. The first-order valence-corrected chi connectivity index (χ1v) is 9.62. The van der Waals surface area contributed by atoms with E-state index in [2.05, 4.69) is 24.8 Å². The van der Waals surface area contributed by atoms with Gasteiger partial charge in [0, 0.05) is 27.1 Å². The molecule has 1 heterocycles. The Bertz CT molecular complexity index is 1120. The minimum atomic E-state index is -0.538. The van der Waals surface area contributed by atoms with Crippen LogP contribution in [0.25, 0.3) is 20.2 Å². The third-order valence-electron chi connectivity index (χ3n) is 4.93. The van der Waals surface area contributed by atoms with Gasteiger partial charge in [0.2, 0.25) is 0 Å². The zero-order valence-electron chi connectivity index (χ0n) is 17.2. The van der Waals surface area contributed by atoms with Gasteiger partial charge in [-0.25, -0.2) is 0 Å². The number of hydrogen-bond acceptors (Lipinski definition) is 2. The van der Waals surface area contributed by atoms with Crippen LogP contribution in [0.1, 0.15) is 53.2 Å². The number of thiophene rings is 1. The van der Waals surface area contributed by atoms with Gasteiger partial charge in [0.25, 0.3) is 0 Å². The Kier molecular flexibility index (Phi) is 3.64. The van der Waals surface area contributed by atoms with Gasteiger partial charge in [-0.15, -0.1) is 11.3 Å². The summed E-state index contributed by atoms with van der Waals surface area (Å²) in [5.74, 6) is -0.538. The molecule has 1 nitrogen and oxygen atoms in total. The lowest BCUT2D eigenvalue weighted by atomic mass is 9.83. The van der Waals surface area contributed by atoms with Crippen LogP contribution in [0.4, 0.5) is 0 Å². The van der Waals surface area contributed by atoms with Gasteiger partial charge < -0.3 is 5.41 Å². The Morgan fingerprint density at radius 2 is 1.84 bits per heavy atom. The molecule has 0 saturated heterocycles. The first kappa shape index (κ1) is 13.1. The van der Waals surface area contributed by atoms with Crippen LogP contribution >= 0.6 is 11.3 Å².